The summed E-state index contributed by atoms with van der Waals surface area (Å²) >= 11 is 3.25. The van der Waals surface area contributed by atoms with E-state index < -0.39 is 0 Å². The van der Waals surface area contributed by atoms with Crippen LogP contribution in [0.4, 0.5) is 5.69 Å². The number of rotatable bonds is 6. The average Bonchev–Trinajstić information content (AvgIpc) is 3.20. The zero-order chi connectivity index (χ0) is 20.9. The number of fused-ring (bicyclic) bond motifs is 1. The Hall–Kier alpha value is -3.34. The Morgan fingerprint density at radius 2 is 2.03 bits per heavy atom. The number of thiazole rings is 1. The van der Waals surface area contributed by atoms with Gasteiger partial charge in [0.15, 0.2) is 4.34 Å². The van der Waals surface area contributed by atoms with E-state index >= 15 is 0 Å². The number of nitrogens with one attached hydrogen (secondary N) is 1. The van der Waals surface area contributed by atoms with Crippen LogP contribution in [-0.2, 0) is 5.75 Å². The van der Waals surface area contributed by atoms with Gasteiger partial charge in [0.2, 0.25) is 0 Å². The summed E-state index contributed by atoms with van der Waals surface area (Å²) in [5.74, 6) is 1.39. The maximum atomic E-state index is 12.5. The first-order valence-corrected chi connectivity index (χ1v) is 10.9. The van der Waals surface area contributed by atoms with E-state index in [0.29, 0.717) is 16.8 Å². The van der Waals surface area contributed by atoms with Crippen LogP contribution in [0, 0.1) is 11.3 Å². The van der Waals surface area contributed by atoms with Crippen LogP contribution in [0.5, 0.6) is 5.75 Å². The predicted octanol–water partition coefficient (Wildman–Crippen LogP) is 5.72. The molecular formula is C23H17N3O2S2. The number of carbonyl (C=O) groups is 1. The van der Waals surface area contributed by atoms with Gasteiger partial charge in [-0.15, -0.1) is 11.3 Å². The van der Waals surface area contributed by atoms with Crippen LogP contribution in [0.25, 0.3) is 10.2 Å². The van der Waals surface area contributed by atoms with Gasteiger partial charge in [0.05, 0.1) is 29.0 Å². The minimum atomic E-state index is -0.248. The van der Waals surface area contributed by atoms with Crippen molar-refractivity contribution in [2.45, 2.75) is 10.1 Å². The standard InChI is InChI=1S/C23H17N3O2S2/c1-28-20-8-3-2-6-17(20)14-29-23-26-19-10-9-18(12-21(19)30-23)25-22(27)16-7-4-5-15(11-16)13-24/h2-12H,14H2,1H3,(H,25,27). The molecule has 0 radical (unpaired) electrons. The lowest BCUT2D eigenvalue weighted by atomic mass is 10.1. The lowest BCUT2D eigenvalue weighted by Gasteiger charge is -2.06. The Morgan fingerprint density at radius 1 is 1.17 bits per heavy atom. The molecule has 0 unspecified atom stereocenters. The molecule has 0 aliphatic carbocycles. The summed E-state index contributed by atoms with van der Waals surface area (Å²) in [6.45, 7) is 0. The molecule has 3 aromatic carbocycles. The molecule has 4 rings (SSSR count). The van der Waals surface area contributed by atoms with Crippen molar-refractivity contribution in [2.75, 3.05) is 12.4 Å². The number of carbonyl (C=O) groups excluding carboxylic acids is 1. The van der Waals surface area contributed by atoms with E-state index in [4.69, 9.17) is 10.00 Å². The number of ether oxygens (including phenoxy) is 1. The maximum Gasteiger partial charge on any atom is 0.255 e. The number of hydrogen-bond acceptors (Lipinski definition) is 6. The van der Waals surface area contributed by atoms with Crippen LogP contribution in [0.3, 0.4) is 0 Å². The van der Waals surface area contributed by atoms with Gasteiger partial charge in [-0.2, -0.15) is 5.26 Å². The van der Waals surface area contributed by atoms with Crippen molar-refractivity contribution in [1.29, 1.82) is 5.26 Å². The molecule has 0 spiro atoms. The van der Waals surface area contributed by atoms with E-state index in [0.717, 1.165) is 31.6 Å². The van der Waals surface area contributed by atoms with Crippen LogP contribution in [-0.4, -0.2) is 18.0 Å². The topological polar surface area (TPSA) is 75.0 Å². The van der Waals surface area contributed by atoms with Gasteiger partial charge in [-0.3, -0.25) is 4.79 Å². The summed E-state index contributed by atoms with van der Waals surface area (Å²) in [7, 11) is 1.67. The van der Waals surface area contributed by atoms with Gasteiger partial charge >= 0.3 is 0 Å². The van der Waals surface area contributed by atoms with Gasteiger partial charge in [0.25, 0.3) is 5.91 Å². The number of methoxy groups -OCH3 is 1. The third-order valence-corrected chi connectivity index (χ3v) is 6.63. The van der Waals surface area contributed by atoms with Crippen molar-refractivity contribution in [3.63, 3.8) is 0 Å². The number of benzene rings is 3. The van der Waals surface area contributed by atoms with Crippen molar-refractivity contribution < 1.29 is 9.53 Å². The summed E-state index contributed by atoms with van der Waals surface area (Å²) in [5, 5.41) is 11.9. The first-order chi connectivity index (χ1) is 14.7. The molecule has 1 heterocycles. The molecule has 4 aromatic rings. The third kappa shape index (κ3) is 4.46. The number of anilines is 1. The molecular weight excluding hydrogens is 414 g/mol. The highest BCUT2D eigenvalue weighted by Gasteiger charge is 2.10. The van der Waals surface area contributed by atoms with Gasteiger partial charge in [0.1, 0.15) is 5.75 Å². The van der Waals surface area contributed by atoms with Crippen molar-refractivity contribution in [3.8, 4) is 11.8 Å². The number of thioether (sulfide) groups is 1. The van der Waals surface area contributed by atoms with Crippen LogP contribution in [0.15, 0.2) is 71.1 Å². The minimum absolute atomic E-state index is 0.248. The minimum Gasteiger partial charge on any atom is -0.496 e. The Bertz CT molecular complexity index is 1260. The first kappa shape index (κ1) is 20.0. The molecule has 0 saturated heterocycles. The van der Waals surface area contributed by atoms with Gasteiger partial charge in [-0.25, -0.2) is 4.98 Å². The second kappa shape index (κ2) is 8.99. The summed E-state index contributed by atoms with van der Waals surface area (Å²) in [5.41, 5.74) is 3.62. The summed E-state index contributed by atoms with van der Waals surface area (Å²) in [6, 6.07) is 22.3. The number of amides is 1. The monoisotopic (exact) mass is 431 g/mol. The lowest BCUT2D eigenvalue weighted by molar-refractivity contribution is 0.102. The SMILES string of the molecule is COc1ccccc1CSc1nc2ccc(NC(=O)c3cccc(C#N)c3)cc2s1. The van der Waals surface area contributed by atoms with E-state index in [1.165, 1.54) is 0 Å². The van der Waals surface area contributed by atoms with Crippen molar-refractivity contribution >= 4 is 44.9 Å². The smallest absolute Gasteiger partial charge is 0.255 e. The lowest BCUT2D eigenvalue weighted by Crippen LogP contribution is -2.11. The average molecular weight is 432 g/mol. The fourth-order valence-electron chi connectivity index (χ4n) is 2.94. The zero-order valence-corrected chi connectivity index (χ0v) is 17.7. The van der Waals surface area contributed by atoms with Crippen LogP contribution in [0.2, 0.25) is 0 Å². The highest BCUT2D eigenvalue weighted by molar-refractivity contribution is 8.00. The number of hydrogen-bond donors (Lipinski definition) is 1. The fourth-order valence-corrected chi connectivity index (χ4v) is 5.04. The molecule has 0 saturated carbocycles. The molecule has 7 heteroatoms. The molecule has 1 N–H and O–H groups in total. The first-order valence-electron chi connectivity index (χ1n) is 9.13. The molecule has 0 atom stereocenters. The van der Waals surface area contributed by atoms with E-state index in [2.05, 4.69) is 10.3 Å². The van der Waals surface area contributed by atoms with Crippen molar-refractivity contribution in [1.82, 2.24) is 4.98 Å². The number of para-hydroxylation sites is 1. The van der Waals surface area contributed by atoms with Gasteiger partial charge in [-0.05, 0) is 42.5 Å². The molecule has 5 nitrogen and oxygen atoms in total. The van der Waals surface area contributed by atoms with E-state index in [-0.39, 0.29) is 5.91 Å². The maximum absolute atomic E-state index is 12.5. The van der Waals surface area contributed by atoms with E-state index in [1.54, 1.807) is 54.5 Å². The molecule has 0 aliphatic rings. The Balaban J connectivity index is 1.48. The molecule has 148 valence electrons. The van der Waals surface area contributed by atoms with Crippen molar-refractivity contribution in [3.05, 3.63) is 83.4 Å². The van der Waals surface area contributed by atoms with Crippen LogP contribution in [0.1, 0.15) is 21.5 Å². The molecule has 0 fully saturated rings. The summed E-state index contributed by atoms with van der Waals surface area (Å²) in [4.78, 5) is 17.2. The molecule has 30 heavy (non-hydrogen) atoms. The highest BCUT2D eigenvalue weighted by Crippen LogP contribution is 2.34. The Labute approximate surface area is 182 Å². The molecule has 0 bridgehead atoms. The number of nitriles is 1. The number of nitrogens with zero attached hydrogens (tertiary/aromatic N) is 2. The van der Waals surface area contributed by atoms with Gasteiger partial charge in [-0.1, -0.05) is 36.0 Å². The predicted molar refractivity (Wildman–Crippen MR) is 121 cm³/mol. The Kier molecular flexibility index (Phi) is 5.98. The van der Waals surface area contributed by atoms with Crippen LogP contribution < -0.4 is 10.1 Å². The third-order valence-electron chi connectivity index (χ3n) is 4.42. The van der Waals surface area contributed by atoms with Crippen LogP contribution >= 0.6 is 23.1 Å². The molecule has 0 aliphatic heterocycles. The second-order valence-corrected chi connectivity index (χ2v) is 8.66. The number of aromatic nitrogens is 1. The summed E-state index contributed by atoms with van der Waals surface area (Å²) < 4.78 is 7.37. The van der Waals surface area contributed by atoms with E-state index in [1.807, 2.05) is 48.5 Å². The van der Waals surface area contributed by atoms with Crippen molar-refractivity contribution in [2.24, 2.45) is 0 Å². The largest absolute Gasteiger partial charge is 0.496 e. The molecule has 1 aromatic heterocycles. The molecule has 1 amide bonds. The summed E-state index contributed by atoms with van der Waals surface area (Å²) in [6.07, 6.45) is 0. The normalized spacial score (nSPS) is 10.5. The second-order valence-electron chi connectivity index (χ2n) is 6.41. The highest BCUT2D eigenvalue weighted by atomic mass is 32.2. The Morgan fingerprint density at radius 3 is 2.87 bits per heavy atom. The zero-order valence-electron chi connectivity index (χ0n) is 16.1. The van der Waals surface area contributed by atoms with Gasteiger partial charge < -0.3 is 10.1 Å². The quantitative estimate of drug-likeness (QED) is 0.395. The van der Waals surface area contributed by atoms with E-state index in [9.17, 15) is 4.79 Å². The van der Waals surface area contributed by atoms with Gasteiger partial charge in [0, 0.05) is 22.6 Å². The fraction of sp³-hybridized carbons (Fsp3) is 0.0870.